The van der Waals surface area contributed by atoms with Gasteiger partial charge in [-0.2, -0.15) is 0 Å². The van der Waals surface area contributed by atoms with E-state index in [2.05, 4.69) is 0 Å². The Morgan fingerprint density at radius 2 is 2.18 bits per heavy atom. The van der Waals surface area contributed by atoms with Crippen LogP contribution in [0.4, 0.5) is 8.78 Å². The Hall–Kier alpha value is -0.220. The molecule has 0 aromatic heterocycles. The Morgan fingerprint density at radius 3 is 2.36 bits per heavy atom. The van der Waals surface area contributed by atoms with Crippen LogP contribution in [0.5, 0.6) is 0 Å². The standard InChI is InChI=1S/C7H14F2N2/c1-5(10)6-3-11(2)4-7(6,8)9/h5-6H,3-4,10H2,1-2H3. The molecule has 4 heteroatoms. The predicted octanol–water partition coefficient (Wildman–Crippen LogP) is 0.530. The lowest BCUT2D eigenvalue weighted by Gasteiger charge is -2.20. The van der Waals surface area contributed by atoms with Gasteiger partial charge in [0.05, 0.1) is 12.5 Å². The van der Waals surface area contributed by atoms with Crippen molar-refractivity contribution >= 4 is 0 Å². The van der Waals surface area contributed by atoms with E-state index >= 15 is 0 Å². The van der Waals surface area contributed by atoms with Crippen LogP contribution < -0.4 is 5.73 Å². The smallest absolute Gasteiger partial charge is 0.265 e. The summed E-state index contributed by atoms with van der Waals surface area (Å²) in [6, 6.07) is -0.421. The molecule has 0 aromatic rings. The first kappa shape index (κ1) is 8.87. The Balaban J connectivity index is 2.66. The van der Waals surface area contributed by atoms with E-state index < -0.39 is 17.9 Å². The molecule has 0 aliphatic carbocycles. The van der Waals surface area contributed by atoms with Gasteiger partial charge in [-0.25, -0.2) is 8.78 Å². The molecule has 0 saturated carbocycles. The molecule has 1 aliphatic heterocycles. The fraction of sp³-hybridized carbons (Fsp3) is 1.00. The molecule has 2 atom stereocenters. The molecule has 2 unspecified atom stereocenters. The third-order valence-corrected chi connectivity index (χ3v) is 2.17. The first-order chi connectivity index (χ1) is 4.93. The van der Waals surface area contributed by atoms with E-state index in [1.54, 1.807) is 18.9 Å². The number of rotatable bonds is 1. The normalized spacial score (nSPS) is 34.1. The maximum Gasteiger partial charge on any atom is 0.265 e. The first-order valence-electron chi connectivity index (χ1n) is 3.75. The number of halogens is 2. The molecule has 0 aromatic carbocycles. The second-order valence-electron chi connectivity index (χ2n) is 3.42. The van der Waals surface area contributed by atoms with Gasteiger partial charge < -0.3 is 10.6 Å². The molecule has 1 heterocycles. The van der Waals surface area contributed by atoms with E-state index in [0.29, 0.717) is 6.54 Å². The predicted molar refractivity (Wildman–Crippen MR) is 39.6 cm³/mol. The van der Waals surface area contributed by atoms with E-state index in [1.165, 1.54) is 0 Å². The van der Waals surface area contributed by atoms with Gasteiger partial charge in [-0.3, -0.25) is 0 Å². The van der Waals surface area contributed by atoms with Crippen LogP contribution in [0.1, 0.15) is 6.92 Å². The Morgan fingerprint density at radius 1 is 1.64 bits per heavy atom. The molecule has 0 amide bonds. The topological polar surface area (TPSA) is 29.3 Å². The van der Waals surface area contributed by atoms with Crippen LogP contribution in [0.25, 0.3) is 0 Å². The summed E-state index contributed by atoms with van der Waals surface area (Å²) in [5, 5.41) is 0. The summed E-state index contributed by atoms with van der Waals surface area (Å²) >= 11 is 0. The van der Waals surface area contributed by atoms with E-state index in [4.69, 9.17) is 5.73 Å². The Labute approximate surface area is 65.4 Å². The molecule has 1 saturated heterocycles. The number of likely N-dealkylation sites (tertiary alicyclic amines) is 1. The zero-order chi connectivity index (χ0) is 8.65. The van der Waals surface area contributed by atoms with Crippen molar-refractivity contribution in [2.75, 3.05) is 20.1 Å². The lowest BCUT2D eigenvalue weighted by molar-refractivity contribution is -0.0319. The zero-order valence-corrected chi connectivity index (χ0v) is 6.85. The van der Waals surface area contributed by atoms with Gasteiger partial charge in [0.1, 0.15) is 0 Å². The van der Waals surface area contributed by atoms with Crippen molar-refractivity contribution in [3.63, 3.8) is 0 Å². The largest absolute Gasteiger partial charge is 0.327 e. The van der Waals surface area contributed by atoms with Crippen LogP contribution in [-0.2, 0) is 0 Å². The van der Waals surface area contributed by atoms with Gasteiger partial charge in [0.15, 0.2) is 0 Å². The van der Waals surface area contributed by atoms with E-state index in [0.717, 1.165) is 0 Å². The van der Waals surface area contributed by atoms with Crippen molar-refractivity contribution in [3.8, 4) is 0 Å². The van der Waals surface area contributed by atoms with Gasteiger partial charge in [-0.1, -0.05) is 0 Å². The highest BCUT2D eigenvalue weighted by molar-refractivity contribution is 4.92. The summed E-state index contributed by atoms with van der Waals surface area (Å²) in [7, 11) is 1.69. The van der Waals surface area contributed by atoms with Crippen molar-refractivity contribution in [2.24, 2.45) is 11.7 Å². The molecule has 0 radical (unpaired) electrons. The van der Waals surface area contributed by atoms with E-state index in [-0.39, 0.29) is 6.54 Å². The molecule has 66 valence electrons. The van der Waals surface area contributed by atoms with Gasteiger partial charge in [0, 0.05) is 12.6 Å². The average molecular weight is 164 g/mol. The lowest BCUT2D eigenvalue weighted by atomic mass is 9.98. The van der Waals surface area contributed by atoms with Crippen LogP contribution in [0, 0.1) is 5.92 Å². The van der Waals surface area contributed by atoms with E-state index in [1.807, 2.05) is 0 Å². The summed E-state index contributed by atoms with van der Waals surface area (Å²) in [4.78, 5) is 1.62. The van der Waals surface area contributed by atoms with Crippen molar-refractivity contribution in [3.05, 3.63) is 0 Å². The van der Waals surface area contributed by atoms with Crippen molar-refractivity contribution in [1.82, 2.24) is 4.90 Å². The molecule has 1 aliphatic rings. The summed E-state index contributed by atoms with van der Waals surface area (Å²) in [6.45, 7) is 1.89. The second kappa shape index (κ2) is 2.68. The maximum atomic E-state index is 13.0. The van der Waals surface area contributed by atoms with Crippen LogP contribution in [0.2, 0.25) is 0 Å². The van der Waals surface area contributed by atoms with Gasteiger partial charge in [0.2, 0.25) is 0 Å². The molecule has 0 spiro atoms. The number of nitrogens with zero attached hydrogens (tertiary/aromatic N) is 1. The average Bonchev–Trinajstić information content (AvgIpc) is 2.04. The van der Waals surface area contributed by atoms with Gasteiger partial charge in [-0.05, 0) is 14.0 Å². The third kappa shape index (κ3) is 1.68. The summed E-state index contributed by atoms with van der Waals surface area (Å²) in [6.07, 6.45) is 0. The Kier molecular flexibility index (Phi) is 2.16. The van der Waals surface area contributed by atoms with Crippen LogP contribution in [0.3, 0.4) is 0 Å². The molecule has 0 bridgehead atoms. The summed E-state index contributed by atoms with van der Waals surface area (Å²) < 4.78 is 26.0. The van der Waals surface area contributed by atoms with Crippen molar-refractivity contribution < 1.29 is 8.78 Å². The molecule has 2 nitrogen and oxygen atoms in total. The number of nitrogens with two attached hydrogens (primary N) is 1. The third-order valence-electron chi connectivity index (χ3n) is 2.17. The molecule has 11 heavy (non-hydrogen) atoms. The van der Waals surface area contributed by atoms with Crippen LogP contribution in [0.15, 0.2) is 0 Å². The monoisotopic (exact) mass is 164 g/mol. The molecule has 1 rings (SSSR count). The van der Waals surface area contributed by atoms with Gasteiger partial charge in [0.25, 0.3) is 5.92 Å². The summed E-state index contributed by atoms with van der Waals surface area (Å²) in [5.74, 6) is -3.27. The SMILES string of the molecule is CC(N)C1CN(C)CC1(F)F. The zero-order valence-electron chi connectivity index (χ0n) is 6.85. The number of hydrogen-bond donors (Lipinski definition) is 1. The molecular formula is C7H14F2N2. The summed E-state index contributed by atoms with van der Waals surface area (Å²) in [5.41, 5.74) is 5.43. The fourth-order valence-electron chi connectivity index (χ4n) is 1.56. The first-order valence-corrected chi connectivity index (χ1v) is 3.75. The fourth-order valence-corrected chi connectivity index (χ4v) is 1.56. The number of alkyl halides is 2. The minimum absolute atomic E-state index is 0.154. The van der Waals surface area contributed by atoms with Gasteiger partial charge >= 0.3 is 0 Å². The second-order valence-corrected chi connectivity index (χ2v) is 3.42. The quantitative estimate of drug-likeness (QED) is 0.612. The van der Waals surface area contributed by atoms with Crippen LogP contribution >= 0.6 is 0 Å². The van der Waals surface area contributed by atoms with Crippen molar-refractivity contribution in [1.29, 1.82) is 0 Å². The molecular weight excluding hydrogens is 150 g/mol. The van der Waals surface area contributed by atoms with E-state index in [9.17, 15) is 8.78 Å². The number of hydrogen-bond acceptors (Lipinski definition) is 2. The molecule has 1 fully saturated rings. The Bertz CT molecular complexity index is 147. The minimum Gasteiger partial charge on any atom is -0.327 e. The minimum atomic E-state index is -2.59. The van der Waals surface area contributed by atoms with Crippen molar-refractivity contribution in [2.45, 2.75) is 18.9 Å². The van der Waals surface area contributed by atoms with Crippen LogP contribution in [-0.4, -0.2) is 37.0 Å². The highest BCUT2D eigenvalue weighted by Gasteiger charge is 2.48. The highest BCUT2D eigenvalue weighted by atomic mass is 19.3. The van der Waals surface area contributed by atoms with Gasteiger partial charge in [-0.15, -0.1) is 0 Å². The lowest BCUT2D eigenvalue weighted by Crippen LogP contribution is -2.39. The maximum absolute atomic E-state index is 13.0. The highest BCUT2D eigenvalue weighted by Crippen LogP contribution is 2.33. The molecule has 2 N–H and O–H groups in total.